The average Bonchev–Trinajstić information content (AvgIpc) is 3.37. The summed E-state index contributed by atoms with van der Waals surface area (Å²) >= 11 is 1.77. The molecule has 3 heterocycles. The molecule has 0 N–H and O–H groups in total. The number of hydrogen-bond donors (Lipinski definition) is 0. The van der Waals surface area contributed by atoms with Crippen LogP contribution < -0.4 is 0 Å². The molecule has 0 radical (unpaired) electrons. The topological polar surface area (TPSA) is 30.1 Å². The zero-order chi connectivity index (χ0) is 25.9. The van der Waals surface area contributed by atoms with Gasteiger partial charge in [-0.05, 0) is 51.6 Å². The summed E-state index contributed by atoms with van der Waals surface area (Å²) in [6.45, 7) is 7.40. The Morgan fingerprint density at radius 3 is 2.15 bits per heavy atom. The van der Waals surface area contributed by atoms with Crippen LogP contribution in [0.4, 0.5) is 5.69 Å². The van der Waals surface area contributed by atoms with E-state index in [1.807, 2.05) is 24.4 Å². The normalized spacial score (nSPS) is 11.6. The highest BCUT2D eigenvalue weighted by molar-refractivity contribution is 7.25. The predicted molar refractivity (Wildman–Crippen MR) is 165 cm³/mol. The van der Waals surface area contributed by atoms with Crippen molar-refractivity contribution in [2.24, 2.45) is 0 Å². The molecule has 8 aromatic rings. The van der Waals surface area contributed by atoms with Crippen molar-refractivity contribution in [3.8, 4) is 22.4 Å². The maximum absolute atomic E-state index is 7.40. The summed E-state index contributed by atoms with van der Waals surface area (Å²) in [5.74, 6) is 0. The van der Waals surface area contributed by atoms with Crippen LogP contribution in [0.1, 0.15) is 0 Å². The Balaban J connectivity index is 1.29. The molecule has 0 unspecified atom stereocenters. The van der Waals surface area contributed by atoms with Crippen molar-refractivity contribution < 1.29 is 0 Å². The standard InChI is InChI=1S/C35H19N3S/c1-36-25-15-17-32-29(19-25)28-18-23(14-16-31(28)39-32)21-10-12-22(13-11-21)34-35-33(27-8-4-5-9-30(27)38-34)26-7-3-2-6-24(26)20-37-35/h2-20H. The van der Waals surface area contributed by atoms with Crippen molar-refractivity contribution in [3.63, 3.8) is 0 Å². The molecule has 39 heavy (non-hydrogen) atoms. The summed E-state index contributed by atoms with van der Waals surface area (Å²) in [7, 11) is 0. The summed E-state index contributed by atoms with van der Waals surface area (Å²) in [6.07, 6.45) is 1.95. The molecule has 3 aromatic heterocycles. The highest BCUT2D eigenvalue weighted by Gasteiger charge is 2.15. The summed E-state index contributed by atoms with van der Waals surface area (Å²) in [6, 6.07) is 37.9. The van der Waals surface area contributed by atoms with Crippen molar-refractivity contribution in [1.82, 2.24) is 9.97 Å². The van der Waals surface area contributed by atoms with Crippen LogP contribution >= 0.6 is 11.3 Å². The number of pyridine rings is 2. The van der Waals surface area contributed by atoms with Crippen LogP contribution in [-0.4, -0.2) is 9.97 Å². The number of para-hydroxylation sites is 1. The fourth-order valence-corrected chi connectivity index (χ4v) is 6.67. The third-order valence-electron chi connectivity index (χ3n) is 7.50. The number of hydrogen-bond acceptors (Lipinski definition) is 3. The van der Waals surface area contributed by atoms with Gasteiger partial charge < -0.3 is 0 Å². The lowest BCUT2D eigenvalue weighted by molar-refractivity contribution is 1.37. The Bertz CT molecular complexity index is 2270. The number of fused-ring (bicyclic) bond motifs is 8. The Labute approximate surface area is 228 Å². The Morgan fingerprint density at radius 2 is 1.31 bits per heavy atom. The molecule has 180 valence electrons. The minimum absolute atomic E-state index is 0.674. The molecule has 0 fully saturated rings. The first-order valence-electron chi connectivity index (χ1n) is 12.8. The lowest BCUT2D eigenvalue weighted by Gasteiger charge is -2.12. The van der Waals surface area contributed by atoms with E-state index in [0.29, 0.717) is 5.69 Å². The van der Waals surface area contributed by atoms with Gasteiger partial charge in [0.25, 0.3) is 0 Å². The van der Waals surface area contributed by atoms with Gasteiger partial charge in [0.2, 0.25) is 0 Å². The number of nitrogens with zero attached hydrogens (tertiary/aromatic N) is 3. The third-order valence-corrected chi connectivity index (χ3v) is 8.65. The molecule has 5 aromatic carbocycles. The largest absolute Gasteiger partial charge is 0.253 e. The molecule has 3 nitrogen and oxygen atoms in total. The molecule has 0 saturated heterocycles. The molecule has 0 atom stereocenters. The predicted octanol–water partition coefficient (Wildman–Crippen LogP) is 10.2. The van der Waals surface area contributed by atoms with E-state index in [1.54, 1.807) is 11.3 Å². The van der Waals surface area contributed by atoms with Crippen LogP contribution in [0.15, 0.2) is 115 Å². The second-order valence-corrected chi connectivity index (χ2v) is 10.8. The van der Waals surface area contributed by atoms with Crippen LogP contribution in [0.25, 0.3) is 80.0 Å². The molecule has 8 rings (SSSR count). The molecule has 0 amide bonds. The molecular weight excluding hydrogens is 494 g/mol. The van der Waals surface area contributed by atoms with Gasteiger partial charge in [0, 0.05) is 37.3 Å². The smallest absolute Gasteiger partial charge is 0.187 e. The molecule has 0 aliphatic heterocycles. The zero-order valence-corrected chi connectivity index (χ0v) is 21.5. The van der Waals surface area contributed by atoms with Crippen LogP contribution in [0.5, 0.6) is 0 Å². The van der Waals surface area contributed by atoms with Gasteiger partial charge >= 0.3 is 0 Å². The molecule has 0 saturated carbocycles. The Hall–Kier alpha value is -5.11. The second kappa shape index (κ2) is 8.46. The quantitative estimate of drug-likeness (QED) is 0.170. The van der Waals surface area contributed by atoms with Gasteiger partial charge in [-0.1, -0.05) is 84.9 Å². The Morgan fingerprint density at radius 1 is 0.615 bits per heavy atom. The third kappa shape index (κ3) is 3.41. The fraction of sp³-hybridized carbons (Fsp3) is 0. The van der Waals surface area contributed by atoms with E-state index in [4.69, 9.17) is 16.5 Å². The highest BCUT2D eigenvalue weighted by atomic mass is 32.1. The van der Waals surface area contributed by atoms with Crippen molar-refractivity contribution in [2.75, 3.05) is 0 Å². The van der Waals surface area contributed by atoms with Gasteiger partial charge in [0.15, 0.2) is 5.69 Å². The number of thiophene rings is 1. The molecule has 0 bridgehead atoms. The van der Waals surface area contributed by atoms with Crippen LogP contribution in [0, 0.1) is 6.57 Å². The lowest BCUT2D eigenvalue weighted by Crippen LogP contribution is -1.93. The number of aromatic nitrogens is 2. The molecule has 0 aliphatic carbocycles. The van der Waals surface area contributed by atoms with Gasteiger partial charge in [-0.15, -0.1) is 11.3 Å². The van der Waals surface area contributed by atoms with E-state index in [2.05, 4.69) is 95.8 Å². The van der Waals surface area contributed by atoms with E-state index in [1.165, 1.54) is 20.2 Å². The summed E-state index contributed by atoms with van der Waals surface area (Å²) in [4.78, 5) is 13.6. The average molecular weight is 514 g/mol. The van der Waals surface area contributed by atoms with E-state index in [9.17, 15) is 0 Å². The first kappa shape index (κ1) is 21.9. The Kier molecular flexibility index (Phi) is 4.75. The highest BCUT2D eigenvalue weighted by Crippen LogP contribution is 2.39. The minimum Gasteiger partial charge on any atom is -0.253 e. The summed E-state index contributed by atoms with van der Waals surface area (Å²) in [5, 5.41) is 6.92. The SMILES string of the molecule is [C-]#[N+]c1ccc2sc3ccc(-c4ccc(-c5nc6ccccc6c6c5ncc5ccccc56)cc4)cc3c2c1. The monoisotopic (exact) mass is 513 g/mol. The summed E-state index contributed by atoms with van der Waals surface area (Å²) < 4.78 is 2.44. The number of rotatable bonds is 2. The zero-order valence-electron chi connectivity index (χ0n) is 20.7. The molecule has 4 heteroatoms. The molecular formula is C35H19N3S. The van der Waals surface area contributed by atoms with E-state index in [-0.39, 0.29) is 0 Å². The maximum Gasteiger partial charge on any atom is 0.187 e. The van der Waals surface area contributed by atoms with Crippen LogP contribution in [-0.2, 0) is 0 Å². The second-order valence-electron chi connectivity index (χ2n) is 9.73. The maximum atomic E-state index is 7.40. The van der Waals surface area contributed by atoms with Crippen molar-refractivity contribution >= 4 is 69.8 Å². The number of benzene rings is 5. The summed E-state index contributed by atoms with van der Waals surface area (Å²) in [5.41, 5.74) is 6.80. The molecule has 0 aliphatic rings. The minimum atomic E-state index is 0.674. The van der Waals surface area contributed by atoms with Crippen molar-refractivity contribution in [2.45, 2.75) is 0 Å². The van der Waals surface area contributed by atoms with E-state index >= 15 is 0 Å². The van der Waals surface area contributed by atoms with Gasteiger partial charge in [0.1, 0.15) is 0 Å². The van der Waals surface area contributed by atoms with Crippen LogP contribution in [0.3, 0.4) is 0 Å². The van der Waals surface area contributed by atoms with Crippen molar-refractivity contribution in [3.05, 3.63) is 127 Å². The fourth-order valence-electron chi connectivity index (χ4n) is 5.61. The van der Waals surface area contributed by atoms with Crippen LogP contribution in [0.2, 0.25) is 0 Å². The van der Waals surface area contributed by atoms with E-state index < -0.39 is 0 Å². The first-order valence-corrected chi connectivity index (χ1v) is 13.6. The van der Waals surface area contributed by atoms with E-state index in [0.717, 1.165) is 55.0 Å². The van der Waals surface area contributed by atoms with Gasteiger partial charge in [-0.25, -0.2) is 9.83 Å². The lowest BCUT2D eigenvalue weighted by atomic mass is 9.97. The van der Waals surface area contributed by atoms with Gasteiger partial charge in [0.05, 0.1) is 23.3 Å². The van der Waals surface area contributed by atoms with Crippen molar-refractivity contribution in [1.29, 1.82) is 0 Å². The van der Waals surface area contributed by atoms with Gasteiger partial charge in [-0.2, -0.15) is 0 Å². The first-order chi connectivity index (χ1) is 19.3. The molecule has 0 spiro atoms. The van der Waals surface area contributed by atoms with Gasteiger partial charge in [-0.3, -0.25) is 4.98 Å².